The number of ether oxygens (including phenoxy) is 1. The van der Waals surface area contributed by atoms with Crippen LogP contribution in [0.3, 0.4) is 0 Å². The van der Waals surface area contributed by atoms with Gasteiger partial charge in [-0.25, -0.2) is 4.79 Å². The van der Waals surface area contributed by atoms with Crippen molar-refractivity contribution < 1.29 is 14.6 Å². The molecule has 0 radical (unpaired) electrons. The minimum absolute atomic E-state index is 0.0139. The molecule has 0 aliphatic carbocycles. The minimum Gasteiger partial charge on any atom is -0.506 e. The molecule has 1 amide bonds. The first-order valence-electron chi connectivity index (χ1n) is 5.48. The molecule has 0 atom stereocenters. The van der Waals surface area contributed by atoms with Crippen LogP contribution in [0.1, 0.15) is 5.56 Å². The molecule has 4 heteroatoms. The number of hydrogen-bond donors (Lipinski definition) is 2. The van der Waals surface area contributed by atoms with Crippen molar-refractivity contribution in [1.82, 2.24) is 0 Å². The van der Waals surface area contributed by atoms with Gasteiger partial charge in [0.25, 0.3) is 0 Å². The summed E-state index contributed by atoms with van der Waals surface area (Å²) < 4.78 is 5.04. The lowest BCUT2D eigenvalue weighted by atomic mass is 10.2. The van der Waals surface area contributed by atoms with Gasteiger partial charge in [0.1, 0.15) is 11.5 Å². The van der Waals surface area contributed by atoms with Crippen molar-refractivity contribution >= 4 is 11.8 Å². The summed E-state index contributed by atoms with van der Waals surface area (Å²) in [6.07, 6.45) is -0.639. The maximum atomic E-state index is 11.6. The highest BCUT2D eigenvalue weighted by Crippen LogP contribution is 2.24. The van der Waals surface area contributed by atoms with Crippen LogP contribution in [0.25, 0.3) is 0 Å². The summed E-state index contributed by atoms with van der Waals surface area (Å²) in [6, 6.07) is 13.7. The molecule has 0 bridgehead atoms. The Hall–Kier alpha value is -2.49. The average Bonchev–Trinajstić information content (AvgIpc) is 2.34. The number of amides is 1. The van der Waals surface area contributed by atoms with E-state index in [1.165, 1.54) is 0 Å². The van der Waals surface area contributed by atoms with E-state index >= 15 is 0 Å². The summed E-state index contributed by atoms with van der Waals surface area (Å²) in [4.78, 5) is 11.6. The molecule has 0 spiro atoms. The third-order valence-electron chi connectivity index (χ3n) is 2.34. The van der Waals surface area contributed by atoms with Gasteiger partial charge in [-0.3, -0.25) is 5.32 Å². The highest BCUT2D eigenvalue weighted by molar-refractivity contribution is 5.88. The van der Waals surface area contributed by atoms with Crippen molar-refractivity contribution in [2.45, 2.75) is 6.92 Å². The predicted octanol–water partition coefficient (Wildman–Crippen LogP) is 3.31. The molecular weight excluding hydrogens is 230 g/mol. The van der Waals surface area contributed by atoms with Crippen LogP contribution in [0.15, 0.2) is 48.5 Å². The van der Waals surface area contributed by atoms with Gasteiger partial charge >= 0.3 is 6.09 Å². The molecule has 0 aliphatic heterocycles. The third-order valence-corrected chi connectivity index (χ3v) is 2.34. The van der Waals surface area contributed by atoms with Crippen LogP contribution in [-0.2, 0) is 0 Å². The number of phenols is 1. The van der Waals surface area contributed by atoms with Gasteiger partial charge in [0, 0.05) is 0 Å². The van der Waals surface area contributed by atoms with E-state index < -0.39 is 6.09 Å². The number of rotatable bonds is 2. The van der Waals surface area contributed by atoms with Crippen molar-refractivity contribution in [2.24, 2.45) is 0 Å². The van der Waals surface area contributed by atoms with Gasteiger partial charge in [0.05, 0.1) is 5.69 Å². The van der Waals surface area contributed by atoms with Crippen molar-refractivity contribution in [3.8, 4) is 11.5 Å². The number of benzene rings is 2. The zero-order valence-electron chi connectivity index (χ0n) is 9.88. The second-order valence-electron chi connectivity index (χ2n) is 3.85. The van der Waals surface area contributed by atoms with E-state index in [-0.39, 0.29) is 5.75 Å². The van der Waals surface area contributed by atoms with Gasteiger partial charge in [0.2, 0.25) is 0 Å². The number of phenolic OH excluding ortho intramolecular Hbond substituents is 1. The number of hydrogen-bond acceptors (Lipinski definition) is 3. The Morgan fingerprint density at radius 2 is 1.89 bits per heavy atom. The lowest BCUT2D eigenvalue weighted by Gasteiger charge is -2.08. The molecule has 0 heterocycles. The number of para-hydroxylation sites is 1. The number of aryl methyl sites for hydroxylation is 1. The Morgan fingerprint density at radius 1 is 1.17 bits per heavy atom. The van der Waals surface area contributed by atoms with Crippen LogP contribution in [0.4, 0.5) is 10.5 Å². The Bertz CT molecular complexity index is 552. The van der Waals surface area contributed by atoms with E-state index in [2.05, 4.69) is 5.32 Å². The third kappa shape index (κ3) is 3.01. The smallest absolute Gasteiger partial charge is 0.417 e. The molecule has 0 aliphatic rings. The van der Waals surface area contributed by atoms with Gasteiger partial charge in [-0.05, 0) is 36.8 Å². The summed E-state index contributed by atoms with van der Waals surface area (Å²) in [5.41, 5.74) is 1.23. The zero-order chi connectivity index (χ0) is 13.0. The largest absolute Gasteiger partial charge is 0.506 e. The summed E-state index contributed by atoms with van der Waals surface area (Å²) in [5.74, 6) is 0.460. The Balaban J connectivity index is 2.03. The first kappa shape index (κ1) is 12.0. The van der Waals surface area contributed by atoms with E-state index in [9.17, 15) is 9.90 Å². The average molecular weight is 243 g/mol. The van der Waals surface area contributed by atoms with Crippen LogP contribution < -0.4 is 10.1 Å². The normalized spacial score (nSPS) is 9.83. The predicted molar refractivity (Wildman–Crippen MR) is 68.9 cm³/mol. The molecule has 0 unspecified atom stereocenters. The lowest BCUT2D eigenvalue weighted by molar-refractivity contribution is 0.215. The molecule has 2 N–H and O–H groups in total. The molecule has 0 saturated heterocycles. The van der Waals surface area contributed by atoms with Crippen LogP contribution >= 0.6 is 0 Å². The Labute approximate surface area is 105 Å². The van der Waals surface area contributed by atoms with E-state index in [0.717, 1.165) is 5.56 Å². The van der Waals surface area contributed by atoms with Gasteiger partial charge in [-0.1, -0.05) is 24.3 Å². The molecule has 2 aromatic carbocycles. The Morgan fingerprint density at radius 3 is 2.56 bits per heavy atom. The first-order valence-corrected chi connectivity index (χ1v) is 5.48. The van der Waals surface area contributed by atoms with Crippen molar-refractivity contribution in [2.75, 3.05) is 5.32 Å². The van der Waals surface area contributed by atoms with E-state index in [0.29, 0.717) is 11.4 Å². The molecule has 2 aromatic rings. The maximum absolute atomic E-state index is 11.6. The van der Waals surface area contributed by atoms with E-state index in [1.54, 1.807) is 42.5 Å². The van der Waals surface area contributed by atoms with E-state index in [1.807, 2.05) is 13.0 Å². The van der Waals surface area contributed by atoms with Gasteiger partial charge in [-0.15, -0.1) is 0 Å². The van der Waals surface area contributed by atoms with Crippen molar-refractivity contribution in [1.29, 1.82) is 0 Å². The van der Waals surface area contributed by atoms with Crippen molar-refractivity contribution in [3.63, 3.8) is 0 Å². The Kier molecular flexibility index (Phi) is 3.48. The number of carbonyl (C=O) groups excluding carboxylic acids is 1. The molecular formula is C14H13NO3. The molecule has 0 saturated carbocycles. The summed E-state index contributed by atoms with van der Waals surface area (Å²) in [5, 5.41) is 12.1. The molecule has 92 valence electrons. The summed E-state index contributed by atoms with van der Waals surface area (Å²) in [7, 11) is 0. The highest BCUT2D eigenvalue weighted by Gasteiger charge is 2.08. The van der Waals surface area contributed by atoms with Crippen molar-refractivity contribution in [3.05, 3.63) is 54.1 Å². The quantitative estimate of drug-likeness (QED) is 0.795. The van der Waals surface area contributed by atoms with Crippen LogP contribution in [-0.4, -0.2) is 11.2 Å². The van der Waals surface area contributed by atoms with Gasteiger partial charge in [0.15, 0.2) is 0 Å². The van der Waals surface area contributed by atoms with Gasteiger partial charge in [-0.2, -0.15) is 0 Å². The molecule has 2 rings (SSSR count). The monoisotopic (exact) mass is 243 g/mol. The van der Waals surface area contributed by atoms with Crippen LogP contribution in [0, 0.1) is 6.92 Å². The SMILES string of the molecule is Cc1ccc(NC(=O)Oc2ccccc2)c(O)c1. The molecule has 0 aromatic heterocycles. The maximum Gasteiger partial charge on any atom is 0.417 e. The lowest BCUT2D eigenvalue weighted by Crippen LogP contribution is -2.16. The molecule has 18 heavy (non-hydrogen) atoms. The number of nitrogens with one attached hydrogen (secondary N) is 1. The number of aromatic hydroxyl groups is 1. The molecule has 0 fully saturated rings. The number of anilines is 1. The fourth-order valence-corrected chi connectivity index (χ4v) is 1.48. The molecule has 4 nitrogen and oxygen atoms in total. The second kappa shape index (κ2) is 5.23. The second-order valence-corrected chi connectivity index (χ2v) is 3.85. The minimum atomic E-state index is -0.639. The fraction of sp³-hybridized carbons (Fsp3) is 0.0714. The fourth-order valence-electron chi connectivity index (χ4n) is 1.48. The highest BCUT2D eigenvalue weighted by atomic mass is 16.6. The summed E-state index contributed by atoms with van der Waals surface area (Å²) >= 11 is 0. The van der Waals surface area contributed by atoms with Gasteiger partial charge < -0.3 is 9.84 Å². The zero-order valence-corrected chi connectivity index (χ0v) is 9.88. The van der Waals surface area contributed by atoms with E-state index in [4.69, 9.17) is 4.74 Å². The number of carbonyl (C=O) groups is 1. The first-order chi connectivity index (χ1) is 8.65. The topological polar surface area (TPSA) is 58.6 Å². The summed E-state index contributed by atoms with van der Waals surface area (Å²) in [6.45, 7) is 1.85. The van der Waals surface area contributed by atoms with Crippen LogP contribution in [0.2, 0.25) is 0 Å². The standard InChI is InChI=1S/C14H13NO3/c1-10-7-8-12(13(16)9-10)15-14(17)18-11-5-3-2-4-6-11/h2-9,16H,1H3,(H,15,17). The van der Waals surface area contributed by atoms with Crippen LogP contribution in [0.5, 0.6) is 11.5 Å².